The van der Waals surface area contributed by atoms with Gasteiger partial charge in [0.25, 0.3) is 5.91 Å². The predicted octanol–water partition coefficient (Wildman–Crippen LogP) is 4.17. The topological polar surface area (TPSA) is 94.2 Å². The van der Waals surface area contributed by atoms with E-state index in [2.05, 4.69) is 5.32 Å². The fourth-order valence-electron chi connectivity index (χ4n) is 3.76. The molecule has 0 aliphatic rings. The molecule has 9 heteroatoms. The van der Waals surface area contributed by atoms with Gasteiger partial charge in [-0.3, -0.25) is 9.10 Å². The number of anilines is 1. The third kappa shape index (κ3) is 6.05. The van der Waals surface area contributed by atoms with Crippen molar-refractivity contribution in [2.45, 2.75) is 19.5 Å². The molecule has 35 heavy (non-hydrogen) atoms. The lowest BCUT2D eigenvalue weighted by Gasteiger charge is -2.26. The van der Waals surface area contributed by atoms with Crippen LogP contribution in [0.2, 0.25) is 0 Å². The molecule has 0 saturated heterocycles. The van der Waals surface area contributed by atoms with Crippen LogP contribution in [0.4, 0.5) is 5.69 Å². The molecular weight excluding hydrogens is 468 g/mol. The van der Waals surface area contributed by atoms with Crippen LogP contribution in [0, 0.1) is 0 Å². The first-order valence-corrected chi connectivity index (χ1v) is 12.8. The number of hydrogen-bond donors (Lipinski definition) is 1. The number of nitrogens with zero attached hydrogens (tertiary/aromatic N) is 1. The van der Waals surface area contributed by atoms with E-state index in [4.69, 9.17) is 14.2 Å². The highest BCUT2D eigenvalue weighted by atomic mass is 32.2. The molecule has 0 aliphatic heterocycles. The van der Waals surface area contributed by atoms with Crippen molar-refractivity contribution < 1.29 is 27.4 Å². The second-order valence-corrected chi connectivity index (χ2v) is 9.82. The number of nitrogens with one attached hydrogen (secondary N) is 1. The summed E-state index contributed by atoms with van der Waals surface area (Å²) in [7, 11) is 0.697. The monoisotopic (exact) mass is 498 g/mol. The van der Waals surface area contributed by atoms with Gasteiger partial charge in [0.2, 0.25) is 10.0 Å². The lowest BCUT2D eigenvalue weighted by atomic mass is 10.1. The molecule has 0 aliphatic carbocycles. The van der Waals surface area contributed by atoms with E-state index in [1.54, 1.807) is 7.11 Å². The Bertz CT molecular complexity index is 1280. The standard InChI is InChI=1S/C26H30N2O6S/c1-18(20-13-9-10-14-23(20)32-2)27-26(29)21-15-24(33-3)25(34-4)16-22(21)28(35(5,30)31)17-19-11-7-6-8-12-19/h6-16,18H,17H2,1-5H3,(H,27,29). The van der Waals surface area contributed by atoms with Gasteiger partial charge in [-0.15, -0.1) is 0 Å². The zero-order valence-corrected chi connectivity index (χ0v) is 21.3. The molecular formula is C26H30N2O6S. The first-order valence-electron chi connectivity index (χ1n) is 10.9. The average Bonchev–Trinajstić information content (AvgIpc) is 2.86. The molecule has 1 atom stereocenters. The fourth-order valence-corrected chi connectivity index (χ4v) is 4.66. The SMILES string of the molecule is COc1cc(C(=O)NC(C)c2ccccc2OC)c(N(Cc2ccccc2)S(C)(=O)=O)cc1OC. The predicted molar refractivity (Wildman–Crippen MR) is 136 cm³/mol. The van der Waals surface area contributed by atoms with Crippen molar-refractivity contribution in [3.05, 3.63) is 83.4 Å². The molecule has 1 unspecified atom stereocenters. The highest BCUT2D eigenvalue weighted by Gasteiger charge is 2.27. The van der Waals surface area contributed by atoms with Crippen molar-refractivity contribution in [3.8, 4) is 17.2 Å². The lowest BCUT2D eigenvalue weighted by molar-refractivity contribution is 0.0939. The number of amides is 1. The molecule has 0 radical (unpaired) electrons. The molecule has 3 rings (SSSR count). The van der Waals surface area contributed by atoms with Crippen molar-refractivity contribution in [2.75, 3.05) is 31.9 Å². The van der Waals surface area contributed by atoms with Crippen LogP contribution in [0.1, 0.15) is 34.5 Å². The Hall–Kier alpha value is -3.72. The maximum absolute atomic E-state index is 13.5. The number of rotatable bonds is 10. The van der Waals surface area contributed by atoms with Crippen LogP contribution < -0.4 is 23.8 Å². The molecule has 8 nitrogen and oxygen atoms in total. The van der Waals surface area contributed by atoms with Gasteiger partial charge in [0, 0.05) is 11.6 Å². The quantitative estimate of drug-likeness (QED) is 0.451. The minimum atomic E-state index is -3.77. The molecule has 0 fully saturated rings. The molecule has 0 spiro atoms. The van der Waals surface area contributed by atoms with Crippen molar-refractivity contribution >= 4 is 21.6 Å². The van der Waals surface area contributed by atoms with Gasteiger partial charge in [-0.25, -0.2) is 8.42 Å². The van der Waals surface area contributed by atoms with Crippen LogP contribution in [0.3, 0.4) is 0 Å². The van der Waals surface area contributed by atoms with E-state index < -0.39 is 22.0 Å². The van der Waals surface area contributed by atoms with E-state index in [1.165, 1.54) is 30.7 Å². The molecule has 3 aromatic carbocycles. The third-order valence-electron chi connectivity index (χ3n) is 5.54. The first kappa shape index (κ1) is 25.9. The van der Waals surface area contributed by atoms with E-state index >= 15 is 0 Å². The number of hydrogen-bond acceptors (Lipinski definition) is 6. The minimum Gasteiger partial charge on any atom is -0.496 e. The Morgan fingerprint density at radius 1 is 0.886 bits per heavy atom. The summed E-state index contributed by atoms with van der Waals surface area (Å²) in [6, 6.07) is 19.1. The number of sulfonamides is 1. The number of benzene rings is 3. The van der Waals surface area contributed by atoms with Gasteiger partial charge in [0.15, 0.2) is 11.5 Å². The number of carbonyl (C=O) groups is 1. The Balaban J connectivity index is 2.09. The maximum atomic E-state index is 13.5. The van der Waals surface area contributed by atoms with Crippen molar-refractivity contribution in [1.29, 1.82) is 0 Å². The van der Waals surface area contributed by atoms with Gasteiger partial charge in [0.05, 0.1) is 51.4 Å². The van der Waals surface area contributed by atoms with Crippen LogP contribution in [0.5, 0.6) is 17.2 Å². The Labute approximate surface area is 206 Å². The van der Waals surface area contributed by atoms with E-state index in [1.807, 2.05) is 61.5 Å². The van der Waals surface area contributed by atoms with Gasteiger partial charge in [-0.2, -0.15) is 0 Å². The second kappa shape index (κ2) is 11.1. The largest absolute Gasteiger partial charge is 0.496 e. The van der Waals surface area contributed by atoms with Crippen LogP contribution in [-0.2, 0) is 16.6 Å². The van der Waals surface area contributed by atoms with Gasteiger partial charge in [-0.05, 0) is 24.6 Å². The normalized spacial score (nSPS) is 11.9. The number of methoxy groups -OCH3 is 3. The molecule has 0 saturated carbocycles. The Morgan fingerprint density at radius 2 is 1.46 bits per heavy atom. The fraction of sp³-hybridized carbons (Fsp3) is 0.269. The highest BCUT2D eigenvalue weighted by molar-refractivity contribution is 7.92. The van der Waals surface area contributed by atoms with Crippen molar-refractivity contribution in [1.82, 2.24) is 5.32 Å². The van der Waals surface area contributed by atoms with E-state index in [9.17, 15) is 13.2 Å². The summed E-state index contributed by atoms with van der Waals surface area (Å²) in [4.78, 5) is 13.5. The summed E-state index contributed by atoms with van der Waals surface area (Å²) < 4.78 is 43.2. The lowest BCUT2D eigenvalue weighted by Crippen LogP contribution is -2.33. The third-order valence-corrected chi connectivity index (χ3v) is 6.66. The summed E-state index contributed by atoms with van der Waals surface area (Å²) in [6.45, 7) is 1.87. The number of para-hydroxylation sites is 1. The Morgan fingerprint density at radius 3 is 2.06 bits per heavy atom. The van der Waals surface area contributed by atoms with E-state index in [0.29, 0.717) is 17.2 Å². The number of carbonyl (C=O) groups excluding carboxylic acids is 1. The van der Waals surface area contributed by atoms with Gasteiger partial charge in [-0.1, -0.05) is 48.5 Å². The van der Waals surface area contributed by atoms with Crippen molar-refractivity contribution in [2.24, 2.45) is 0 Å². The summed E-state index contributed by atoms with van der Waals surface area (Å²) in [5, 5.41) is 2.95. The van der Waals surface area contributed by atoms with Crippen molar-refractivity contribution in [3.63, 3.8) is 0 Å². The van der Waals surface area contributed by atoms with Crippen LogP contribution >= 0.6 is 0 Å². The van der Waals surface area contributed by atoms with Crippen LogP contribution in [-0.4, -0.2) is 41.9 Å². The minimum absolute atomic E-state index is 0.0392. The van der Waals surface area contributed by atoms with Gasteiger partial charge < -0.3 is 19.5 Å². The van der Waals surface area contributed by atoms with Crippen LogP contribution in [0.25, 0.3) is 0 Å². The zero-order chi connectivity index (χ0) is 25.6. The van der Waals surface area contributed by atoms with E-state index in [0.717, 1.165) is 17.4 Å². The zero-order valence-electron chi connectivity index (χ0n) is 20.4. The van der Waals surface area contributed by atoms with Gasteiger partial charge >= 0.3 is 0 Å². The van der Waals surface area contributed by atoms with E-state index in [-0.39, 0.29) is 17.8 Å². The molecule has 1 amide bonds. The summed E-state index contributed by atoms with van der Waals surface area (Å²) >= 11 is 0. The molecule has 3 aromatic rings. The molecule has 186 valence electrons. The van der Waals surface area contributed by atoms with Crippen LogP contribution in [0.15, 0.2) is 66.7 Å². The first-order chi connectivity index (χ1) is 16.7. The Kier molecular flexibility index (Phi) is 8.24. The average molecular weight is 499 g/mol. The highest BCUT2D eigenvalue weighted by Crippen LogP contribution is 2.37. The molecule has 0 bridgehead atoms. The summed E-state index contributed by atoms with van der Waals surface area (Å²) in [5.74, 6) is 0.772. The van der Waals surface area contributed by atoms with Gasteiger partial charge in [0.1, 0.15) is 5.75 Å². The number of ether oxygens (including phenoxy) is 3. The maximum Gasteiger partial charge on any atom is 0.254 e. The summed E-state index contributed by atoms with van der Waals surface area (Å²) in [5.41, 5.74) is 1.86. The molecule has 1 N–H and O–H groups in total. The smallest absolute Gasteiger partial charge is 0.254 e. The second-order valence-electron chi connectivity index (χ2n) is 7.92. The molecule has 0 heterocycles. The summed E-state index contributed by atoms with van der Waals surface area (Å²) in [6.07, 6.45) is 1.10. The molecule has 0 aromatic heterocycles.